The molecule has 90 valence electrons. The highest BCUT2D eigenvalue weighted by Crippen LogP contribution is 2.22. The van der Waals surface area contributed by atoms with E-state index in [1.54, 1.807) is 11.3 Å². The monoisotopic (exact) mass is 242 g/mol. The number of likely N-dealkylation sites (tertiary alicyclic amines) is 1. The number of hydrogen-bond acceptors (Lipinski definition) is 5. The molecule has 1 aliphatic rings. The fourth-order valence-corrected chi connectivity index (χ4v) is 2.73. The fourth-order valence-electron chi connectivity index (χ4n) is 2.07. The molecule has 0 saturated carbocycles. The standard InChI is InChI=1S/C11H18N2O2S/c14-9-11(15)2-1-5-13(6-3-11)8-10-12-4-7-16-10/h4,7,14-15H,1-3,5-6,8-9H2. The van der Waals surface area contributed by atoms with Gasteiger partial charge in [-0.1, -0.05) is 0 Å². The molecule has 0 amide bonds. The molecule has 0 bridgehead atoms. The van der Waals surface area contributed by atoms with Gasteiger partial charge in [0.2, 0.25) is 0 Å². The van der Waals surface area contributed by atoms with Gasteiger partial charge in [-0.2, -0.15) is 0 Å². The van der Waals surface area contributed by atoms with Crippen LogP contribution in [0, 0.1) is 0 Å². The zero-order valence-electron chi connectivity index (χ0n) is 9.30. The van der Waals surface area contributed by atoms with Crippen molar-refractivity contribution in [2.24, 2.45) is 0 Å². The first-order valence-corrected chi connectivity index (χ1v) is 6.54. The maximum atomic E-state index is 10.0. The SMILES string of the molecule is OCC1(O)CCCN(Cc2nccs2)CC1. The largest absolute Gasteiger partial charge is 0.393 e. The lowest BCUT2D eigenvalue weighted by Gasteiger charge is -2.24. The van der Waals surface area contributed by atoms with Crippen molar-refractivity contribution in [2.45, 2.75) is 31.4 Å². The quantitative estimate of drug-likeness (QED) is 0.825. The van der Waals surface area contributed by atoms with Crippen molar-refractivity contribution in [3.05, 3.63) is 16.6 Å². The molecule has 4 nitrogen and oxygen atoms in total. The van der Waals surface area contributed by atoms with Crippen LogP contribution < -0.4 is 0 Å². The number of nitrogens with zero attached hydrogens (tertiary/aromatic N) is 2. The molecule has 2 heterocycles. The third-order valence-electron chi connectivity index (χ3n) is 3.15. The van der Waals surface area contributed by atoms with Crippen molar-refractivity contribution < 1.29 is 10.2 Å². The molecule has 1 fully saturated rings. The van der Waals surface area contributed by atoms with E-state index in [0.29, 0.717) is 12.8 Å². The van der Waals surface area contributed by atoms with Crippen LogP contribution in [-0.2, 0) is 6.54 Å². The van der Waals surface area contributed by atoms with Gasteiger partial charge in [0.1, 0.15) is 5.01 Å². The summed E-state index contributed by atoms with van der Waals surface area (Å²) in [5, 5.41) is 22.3. The van der Waals surface area contributed by atoms with Crippen LogP contribution in [0.15, 0.2) is 11.6 Å². The van der Waals surface area contributed by atoms with Crippen LogP contribution in [0.5, 0.6) is 0 Å². The molecular formula is C11H18N2O2S. The minimum absolute atomic E-state index is 0.127. The first-order valence-electron chi connectivity index (χ1n) is 5.66. The predicted molar refractivity (Wildman–Crippen MR) is 63.3 cm³/mol. The van der Waals surface area contributed by atoms with Gasteiger partial charge in [-0.15, -0.1) is 11.3 Å². The van der Waals surface area contributed by atoms with Gasteiger partial charge in [0.25, 0.3) is 0 Å². The maximum absolute atomic E-state index is 10.0. The summed E-state index contributed by atoms with van der Waals surface area (Å²) in [6.45, 7) is 2.54. The molecule has 1 aromatic rings. The number of rotatable bonds is 3. The van der Waals surface area contributed by atoms with E-state index in [4.69, 9.17) is 5.11 Å². The lowest BCUT2D eigenvalue weighted by atomic mass is 9.96. The van der Waals surface area contributed by atoms with E-state index in [1.807, 2.05) is 11.6 Å². The van der Waals surface area contributed by atoms with E-state index >= 15 is 0 Å². The van der Waals surface area contributed by atoms with Crippen molar-refractivity contribution in [1.29, 1.82) is 0 Å². The highest BCUT2D eigenvalue weighted by atomic mass is 32.1. The number of aliphatic hydroxyl groups is 2. The molecule has 2 N–H and O–H groups in total. The second-order valence-electron chi connectivity index (χ2n) is 4.44. The molecule has 1 unspecified atom stereocenters. The lowest BCUT2D eigenvalue weighted by molar-refractivity contribution is -0.0255. The Kier molecular flexibility index (Phi) is 3.91. The van der Waals surface area contributed by atoms with Crippen LogP contribution >= 0.6 is 11.3 Å². The van der Waals surface area contributed by atoms with E-state index in [9.17, 15) is 5.11 Å². The topological polar surface area (TPSA) is 56.6 Å². The van der Waals surface area contributed by atoms with Crippen molar-refractivity contribution in [3.8, 4) is 0 Å². The molecule has 16 heavy (non-hydrogen) atoms. The van der Waals surface area contributed by atoms with Gasteiger partial charge in [0, 0.05) is 18.1 Å². The smallest absolute Gasteiger partial charge is 0.107 e. The average molecular weight is 242 g/mol. The summed E-state index contributed by atoms with van der Waals surface area (Å²) in [5.74, 6) is 0. The van der Waals surface area contributed by atoms with Crippen LogP contribution in [0.4, 0.5) is 0 Å². The van der Waals surface area contributed by atoms with Crippen LogP contribution in [0.3, 0.4) is 0 Å². The fraction of sp³-hybridized carbons (Fsp3) is 0.727. The van der Waals surface area contributed by atoms with E-state index < -0.39 is 5.60 Å². The molecule has 2 rings (SSSR count). The predicted octanol–water partition coefficient (Wildman–Crippen LogP) is 0.852. The number of aliphatic hydroxyl groups excluding tert-OH is 1. The molecule has 1 saturated heterocycles. The summed E-state index contributed by atoms with van der Waals surface area (Å²) < 4.78 is 0. The average Bonchev–Trinajstić information content (AvgIpc) is 2.71. The van der Waals surface area contributed by atoms with Gasteiger partial charge in [-0.3, -0.25) is 4.90 Å². The Bertz CT molecular complexity index is 318. The molecule has 1 aromatic heterocycles. The molecular weight excluding hydrogens is 224 g/mol. The summed E-state index contributed by atoms with van der Waals surface area (Å²) in [6.07, 6.45) is 4.09. The third-order valence-corrected chi connectivity index (χ3v) is 3.91. The highest BCUT2D eigenvalue weighted by Gasteiger charge is 2.29. The summed E-state index contributed by atoms with van der Waals surface area (Å²) in [4.78, 5) is 6.56. The van der Waals surface area contributed by atoms with E-state index in [-0.39, 0.29) is 6.61 Å². The van der Waals surface area contributed by atoms with Gasteiger partial charge < -0.3 is 10.2 Å². The second-order valence-corrected chi connectivity index (χ2v) is 5.42. The maximum Gasteiger partial charge on any atom is 0.107 e. The number of thiazole rings is 1. The zero-order chi connectivity index (χ0) is 11.4. The summed E-state index contributed by atoms with van der Waals surface area (Å²) in [5.41, 5.74) is -0.863. The highest BCUT2D eigenvalue weighted by molar-refractivity contribution is 7.09. The van der Waals surface area contributed by atoms with Crippen LogP contribution in [-0.4, -0.2) is 45.4 Å². The Balaban J connectivity index is 1.89. The van der Waals surface area contributed by atoms with E-state index in [2.05, 4.69) is 9.88 Å². The van der Waals surface area contributed by atoms with E-state index in [0.717, 1.165) is 31.1 Å². The molecule has 5 heteroatoms. The molecule has 1 aliphatic heterocycles. The van der Waals surface area contributed by atoms with Gasteiger partial charge in [0.15, 0.2) is 0 Å². The van der Waals surface area contributed by atoms with Gasteiger partial charge >= 0.3 is 0 Å². The summed E-state index contributed by atoms with van der Waals surface area (Å²) in [7, 11) is 0. The molecule has 0 spiro atoms. The third kappa shape index (κ3) is 3.01. The van der Waals surface area contributed by atoms with Crippen molar-refractivity contribution in [2.75, 3.05) is 19.7 Å². The number of aromatic nitrogens is 1. The van der Waals surface area contributed by atoms with Crippen LogP contribution in [0.2, 0.25) is 0 Å². The lowest BCUT2D eigenvalue weighted by Crippen LogP contribution is -2.34. The molecule has 0 aromatic carbocycles. The van der Waals surface area contributed by atoms with Crippen LogP contribution in [0.1, 0.15) is 24.3 Å². The number of hydrogen-bond donors (Lipinski definition) is 2. The Morgan fingerprint density at radius 1 is 1.44 bits per heavy atom. The minimum atomic E-state index is -0.863. The molecule has 0 aliphatic carbocycles. The van der Waals surface area contributed by atoms with Gasteiger partial charge in [-0.25, -0.2) is 4.98 Å². The first kappa shape index (κ1) is 12.0. The second kappa shape index (κ2) is 5.23. The summed E-state index contributed by atoms with van der Waals surface area (Å²) >= 11 is 1.66. The summed E-state index contributed by atoms with van der Waals surface area (Å²) in [6, 6.07) is 0. The molecule has 0 radical (unpaired) electrons. The van der Waals surface area contributed by atoms with Crippen molar-refractivity contribution in [3.63, 3.8) is 0 Å². The van der Waals surface area contributed by atoms with Crippen LogP contribution in [0.25, 0.3) is 0 Å². The van der Waals surface area contributed by atoms with Gasteiger partial charge in [-0.05, 0) is 25.8 Å². The Labute approximate surface area is 99.6 Å². The van der Waals surface area contributed by atoms with Gasteiger partial charge in [0.05, 0.1) is 18.8 Å². The normalized spacial score (nSPS) is 27.9. The minimum Gasteiger partial charge on any atom is -0.393 e. The Hall–Kier alpha value is -0.490. The Morgan fingerprint density at radius 3 is 3.00 bits per heavy atom. The van der Waals surface area contributed by atoms with Crippen molar-refractivity contribution in [1.82, 2.24) is 9.88 Å². The van der Waals surface area contributed by atoms with Crippen molar-refractivity contribution >= 4 is 11.3 Å². The first-order chi connectivity index (χ1) is 7.72. The zero-order valence-corrected chi connectivity index (χ0v) is 10.1. The Morgan fingerprint density at radius 2 is 2.31 bits per heavy atom. The van der Waals surface area contributed by atoms with E-state index in [1.165, 1.54) is 0 Å². The molecule has 1 atom stereocenters.